The van der Waals surface area contributed by atoms with Crippen molar-refractivity contribution in [1.82, 2.24) is 0 Å². The van der Waals surface area contributed by atoms with Crippen molar-refractivity contribution < 1.29 is 4.74 Å². The third kappa shape index (κ3) is 2.95. The third-order valence-corrected chi connectivity index (χ3v) is 2.83. The lowest BCUT2D eigenvalue weighted by Gasteiger charge is -2.09. The van der Waals surface area contributed by atoms with Crippen molar-refractivity contribution in [3.63, 3.8) is 0 Å². The van der Waals surface area contributed by atoms with Crippen LogP contribution in [0.1, 0.15) is 25.8 Å². The van der Waals surface area contributed by atoms with Gasteiger partial charge in [-0.25, -0.2) is 0 Å². The highest BCUT2D eigenvalue weighted by atomic mass is 32.2. The van der Waals surface area contributed by atoms with Crippen molar-refractivity contribution in [3.8, 4) is 5.75 Å². The topological polar surface area (TPSA) is 9.23 Å². The summed E-state index contributed by atoms with van der Waals surface area (Å²) in [6, 6.07) is 6.48. The van der Waals surface area contributed by atoms with Crippen LogP contribution in [-0.2, 0) is 6.42 Å². The molecule has 0 saturated carbocycles. The van der Waals surface area contributed by atoms with E-state index in [2.05, 4.69) is 31.4 Å². The normalized spacial score (nSPS) is 10.2. The average Bonchev–Trinajstić information content (AvgIpc) is 2.21. The predicted molar refractivity (Wildman–Crippen MR) is 63.4 cm³/mol. The van der Waals surface area contributed by atoms with Gasteiger partial charge in [-0.05, 0) is 37.3 Å². The van der Waals surface area contributed by atoms with E-state index in [0.29, 0.717) is 0 Å². The summed E-state index contributed by atoms with van der Waals surface area (Å²) in [5, 5.41) is 0. The van der Waals surface area contributed by atoms with Gasteiger partial charge in [-0.2, -0.15) is 0 Å². The summed E-state index contributed by atoms with van der Waals surface area (Å²) in [4.78, 5) is 1.25. The summed E-state index contributed by atoms with van der Waals surface area (Å²) in [6.45, 7) is 4.96. The Labute approximate surface area is 90.9 Å². The highest BCUT2D eigenvalue weighted by molar-refractivity contribution is 7.98. The van der Waals surface area contributed by atoms with Crippen molar-refractivity contribution in [2.45, 2.75) is 31.6 Å². The van der Waals surface area contributed by atoms with E-state index in [0.717, 1.165) is 18.8 Å². The molecule has 78 valence electrons. The molecule has 1 nitrogen and oxygen atoms in total. The van der Waals surface area contributed by atoms with E-state index in [1.165, 1.54) is 16.9 Å². The van der Waals surface area contributed by atoms with Crippen molar-refractivity contribution in [3.05, 3.63) is 23.8 Å². The molecule has 0 aromatic heterocycles. The Bertz CT molecular complexity index is 284. The first-order valence-corrected chi connectivity index (χ1v) is 6.34. The van der Waals surface area contributed by atoms with Crippen LogP contribution in [0.4, 0.5) is 0 Å². The smallest absolute Gasteiger partial charge is 0.132 e. The van der Waals surface area contributed by atoms with Crippen LogP contribution in [0, 0.1) is 0 Å². The fourth-order valence-corrected chi connectivity index (χ4v) is 2.03. The van der Waals surface area contributed by atoms with Crippen LogP contribution < -0.4 is 4.74 Å². The van der Waals surface area contributed by atoms with Crippen molar-refractivity contribution in [1.29, 1.82) is 0 Å². The van der Waals surface area contributed by atoms with Gasteiger partial charge in [0.05, 0.1) is 6.61 Å². The summed E-state index contributed by atoms with van der Waals surface area (Å²) in [7, 11) is 0. The molecule has 1 aromatic carbocycles. The lowest BCUT2D eigenvalue weighted by Crippen LogP contribution is -1.94. The molecule has 2 heteroatoms. The van der Waals surface area contributed by atoms with Gasteiger partial charge in [-0.3, -0.25) is 0 Å². The van der Waals surface area contributed by atoms with E-state index < -0.39 is 0 Å². The van der Waals surface area contributed by atoms with Gasteiger partial charge in [0, 0.05) is 4.90 Å². The molecule has 0 fully saturated rings. The molecule has 1 rings (SSSR count). The second kappa shape index (κ2) is 5.97. The molecule has 0 radical (unpaired) electrons. The quantitative estimate of drug-likeness (QED) is 0.684. The van der Waals surface area contributed by atoms with Crippen LogP contribution in [0.15, 0.2) is 23.1 Å². The number of ether oxygens (including phenoxy) is 1. The minimum absolute atomic E-state index is 0.737. The maximum absolute atomic E-state index is 5.54. The molecule has 0 aliphatic rings. The standard InChI is InChI=1S/C12H18OS/c1-4-6-10-7-8-11(13-5-2)12(9-10)14-3/h7-9H,4-6H2,1-3H3. The molecule has 0 N–H and O–H groups in total. The van der Waals surface area contributed by atoms with E-state index in [4.69, 9.17) is 4.74 Å². The number of aryl methyl sites for hydroxylation is 1. The zero-order valence-corrected chi connectivity index (χ0v) is 9.99. The number of thioether (sulfide) groups is 1. The van der Waals surface area contributed by atoms with Crippen LogP contribution in [0.2, 0.25) is 0 Å². The monoisotopic (exact) mass is 210 g/mol. The summed E-state index contributed by atoms with van der Waals surface area (Å²) >= 11 is 1.75. The van der Waals surface area contributed by atoms with Crippen LogP contribution in [-0.4, -0.2) is 12.9 Å². The van der Waals surface area contributed by atoms with Gasteiger partial charge in [0.25, 0.3) is 0 Å². The molecular weight excluding hydrogens is 192 g/mol. The lowest BCUT2D eigenvalue weighted by atomic mass is 10.1. The zero-order chi connectivity index (χ0) is 10.4. The van der Waals surface area contributed by atoms with E-state index in [1.807, 2.05) is 6.92 Å². The number of hydrogen-bond acceptors (Lipinski definition) is 2. The Morgan fingerprint density at radius 1 is 1.29 bits per heavy atom. The van der Waals surface area contributed by atoms with Gasteiger partial charge in [-0.15, -0.1) is 11.8 Å². The minimum Gasteiger partial charge on any atom is -0.493 e. The van der Waals surface area contributed by atoms with E-state index >= 15 is 0 Å². The van der Waals surface area contributed by atoms with Crippen molar-refractivity contribution in [2.75, 3.05) is 12.9 Å². The summed E-state index contributed by atoms with van der Waals surface area (Å²) in [5.74, 6) is 1.01. The molecule has 0 unspecified atom stereocenters. The van der Waals surface area contributed by atoms with Gasteiger partial charge >= 0.3 is 0 Å². The van der Waals surface area contributed by atoms with Crippen LogP contribution in [0.3, 0.4) is 0 Å². The minimum atomic E-state index is 0.737. The molecule has 0 spiro atoms. The molecule has 0 heterocycles. The molecule has 0 aliphatic carbocycles. The van der Waals surface area contributed by atoms with E-state index in [9.17, 15) is 0 Å². The molecule has 0 atom stereocenters. The Balaban J connectivity index is 2.87. The van der Waals surface area contributed by atoms with Crippen LogP contribution >= 0.6 is 11.8 Å². The van der Waals surface area contributed by atoms with Crippen molar-refractivity contribution in [2.24, 2.45) is 0 Å². The maximum atomic E-state index is 5.54. The first-order valence-electron chi connectivity index (χ1n) is 5.11. The predicted octanol–water partition coefficient (Wildman–Crippen LogP) is 3.76. The van der Waals surface area contributed by atoms with E-state index in [1.54, 1.807) is 11.8 Å². The summed E-state index contributed by atoms with van der Waals surface area (Å²) < 4.78 is 5.54. The molecular formula is C12H18OS. The zero-order valence-electron chi connectivity index (χ0n) is 9.17. The fourth-order valence-electron chi connectivity index (χ4n) is 1.43. The Morgan fingerprint density at radius 3 is 2.64 bits per heavy atom. The molecule has 14 heavy (non-hydrogen) atoms. The third-order valence-electron chi connectivity index (χ3n) is 2.07. The van der Waals surface area contributed by atoms with Gasteiger partial charge in [0.2, 0.25) is 0 Å². The van der Waals surface area contributed by atoms with Gasteiger partial charge in [-0.1, -0.05) is 19.4 Å². The number of rotatable bonds is 5. The summed E-state index contributed by atoms with van der Waals surface area (Å²) in [5.41, 5.74) is 1.40. The number of hydrogen-bond donors (Lipinski definition) is 0. The first kappa shape index (κ1) is 11.4. The van der Waals surface area contributed by atoms with Crippen molar-refractivity contribution >= 4 is 11.8 Å². The Morgan fingerprint density at radius 2 is 2.07 bits per heavy atom. The molecule has 0 aliphatic heterocycles. The summed E-state index contributed by atoms with van der Waals surface area (Å²) in [6.07, 6.45) is 4.44. The molecule has 0 amide bonds. The molecule has 1 aromatic rings. The van der Waals surface area contributed by atoms with Gasteiger partial charge < -0.3 is 4.74 Å². The first-order chi connectivity index (χ1) is 6.81. The lowest BCUT2D eigenvalue weighted by molar-refractivity contribution is 0.332. The maximum Gasteiger partial charge on any atom is 0.132 e. The van der Waals surface area contributed by atoms with Crippen LogP contribution in [0.25, 0.3) is 0 Å². The fraction of sp³-hybridized carbons (Fsp3) is 0.500. The van der Waals surface area contributed by atoms with Gasteiger partial charge in [0.1, 0.15) is 5.75 Å². The molecule has 0 bridgehead atoms. The van der Waals surface area contributed by atoms with E-state index in [-0.39, 0.29) is 0 Å². The SMILES string of the molecule is CCCc1ccc(OCC)c(SC)c1. The highest BCUT2D eigenvalue weighted by Gasteiger charge is 2.03. The highest BCUT2D eigenvalue weighted by Crippen LogP contribution is 2.29. The second-order valence-corrected chi connectivity index (χ2v) is 4.02. The number of benzene rings is 1. The Hall–Kier alpha value is -0.630. The molecule has 0 saturated heterocycles. The average molecular weight is 210 g/mol. The van der Waals surface area contributed by atoms with Crippen LogP contribution in [0.5, 0.6) is 5.75 Å². The largest absolute Gasteiger partial charge is 0.493 e. The second-order valence-electron chi connectivity index (χ2n) is 3.17. The van der Waals surface area contributed by atoms with Gasteiger partial charge in [0.15, 0.2) is 0 Å². The Kier molecular flexibility index (Phi) is 4.88.